The van der Waals surface area contributed by atoms with Crippen LogP contribution in [0.4, 0.5) is 0 Å². The SMILES string of the molecule is ClN1C=CC2=CCOC2=C1. The molecule has 2 nitrogen and oxygen atoms in total. The number of rotatable bonds is 0. The molecule has 3 heteroatoms. The Morgan fingerprint density at radius 3 is 3.40 bits per heavy atom. The molecule has 0 saturated heterocycles. The van der Waals surface area contributed by atoms with Crippen molar-refractivity contribution in [3.05, 3.63) is 35.9 Å². The Balaban J connectivity index is 2.34. The number of halogens is 1. The number of allylic oxidation sites excluding steroid dienone is 1. The van der Waals surface area contributed by atoms with E-state index in [0.29, 0.717) is 6.61 Å². The van der Waals surface area contributed by atoms with Crippen LogP contribution in [0.2, 0.25) is 0 Å². The number of hydrogen-bond acceptors (Lipinski definition) is 2. The van der Waals surface area contributed by atoms with Crippen LogP contribution in [0.15, 0.2) is 35.9 Å². The van der Waals surface area contributed by atoms with Gasteiger partial charge >= 0.3 is 0 Å². The van der Waals surface area contributed by atoms with Gasteiger partial charge in [0.25, 0.3) is 0 Å². The molecule has 0 fully saturated rings. The van der Waals surface area contributed by atoms with Gasteiger partial charge in [-0.1, -0.05) is 0 Å². The van der Waals surface area contributed by atoms with Crippen LogP contribution in [0, 0.1) is 0 Å². The molecule has 0 aromatic heterocycles. The van der Waals surface area contributed by atoms with Gasteiger partial charge < -0.3 is 4.74 Å². The molecule has 0 atom stereocenters. The smallest absolute Gasteiger partial charge is 0.144 e. The van der Waals surface area contributed by atoms with E-state index in [4.69, 9.17) is 16.5 Å². The first-order valence-corrected chi connectivity index (χ1v) is 3.37. The van der Waals surface area contributed by atoms with Gasteiger partial charge in [-0.25, -0.2) is 0 Å². The monoisotopic (exact) mass is 155 g/mol. The zero-order chi connectivity index (χ0) is 6.97. The maximum atomic E-state index is 5.65. The molecule has 0 spiro atoms. The lowest BCUT2D eigenvalue weighted by molar-refractivity contribution is 0.271. The van der Waals surface area contributed by atoms with Crippen LogP contribution < -0.4 is 0 Å². The Hall–Kier alpha value is -0.890. The molecule has 0 aromatic rings. The zero-order valence-corrected chi connectivity index (χ0v) is 6.01. The molecule has 2 aliphatic heterocycles. The molecule has 0 N–H and O–H groups in total. The second kappa shape index (κ2) is 2.06. The highest BCUT2D eigenvalue weighted by molar-refractivity contribution is 6.14. The molecule has 2 aliphatic rings. The summed E-state index contributed by atoms with van der Waals surface area (Å²) in [7, 11) is 0. The Morgan fingerprint density at radius 2 is 2.50 bits per heavy atom. The fourth-order valence-corrected chi connectivity index (χ4v) is 1.12. The minimum atomic E-state index is 0.663. The van der Waals surface area contributed by atoms with Crippen molar-refractivity contribution >= 4 is 11.8 Å². The molecule has 0 bridgehead atoms. The quantitative estimate of drug-likeness (QED) is 0.495. The van der Waals surface area contributed by atoms with E-state index in [0.717, 1.165) is 11.3 Å². The molecule has 2 heterocycles. The van der Waals surface area contributed by atoms with Crippen LogP contribution in [-0.2, 0) is 4.74 Å². The Morgan fingerprint density at radius 1 is 1.60 bits per heavy atom. The molecule has 10 heavy (non-hydrogen) atoms. The predicted octanol–water partition coefficient (Wildman–Crippen LogP) is 1.77. The second-order valence-corrected chi connectivity index (χ2v) is 2.51. The highest BCUT2D eigenvalue weighted by Crippen LogP contribution is 2.24. The lowest BCUT2D eigenvalue weighted by Crippen LogP contribution is -2.00. The van der Waals surface area contributed by atoms with Gasteiger partial charge in [0, 0.05) is 23.5 Å². The van der Waals surface area contributed by atoms with Crippen LogP contribution in [0.25, 0.3) is 0 Å². The van der Waals surface area contributed by atoms with E-state index in [1.807, 2.05) is 12.2 Å². The summed E-state index contributed by atoms with van der Waals surface area (Å²) in [6.07, 6.45) is 7.48. The maximum Gasteiger partial charge on any atom is 0.144 e. The van der Waals surface area contributed by atoms with Crippen LogP contribution in [0.3, 0.4) is 0 Å². The molecule has 0 radical (unpaired) electrons. The molecule has 2 rings (SSSR count). The van der Waals surface area contributed by atoms with E-state index >= 15 is 0 Å². The van der Waals surface area contributed by atoms with Crippen molar-refractivity contribution in [3.63, 3.8) is 0 Å². The molecular weight excluding hydrogens is 150 g/mol. The fraction of sp³-hybridized carbons (Fsp3) is 0.143. The zero-order valence-electron chi connectivity index (χ0n) is 5.25. The largest absolute Gasteiger partial charge is 0.487 e. The molecule has 0 saturated carbocycles. The summed E-state index contributed by atoms with van der Waals surface area (Å²) in [6.45, 7) is 0.663. The van der Waals surface area contributed by atoms with Gasteiger partial charge in [0.1, 0.15) is 12.4 Å². The van der Waals surface area contributed by atoms with Gasteiger partial charge in [-0.2, -0.15) is 0 Å². The first-order valence-electron chi connectivity index (χ1n) is 3.04. The third-order valence-electron chi connectivity index (χ3n) is 1.46. The number of fused-ring (bicyclic) bond motifs is 1. The van der Waals surface area contributed by atoms with Gasteiger partial charge in [0.15, 0.2) is 0 Å². The number of ether oxygens (including phenoxy) is 1. The summed E-state index contributed by atoms with van der Waals surface area (Å²) in [6, 6.07) is 0. The van der Waals surface area contributed by atoms with Crippen LogP contribution in [0.1, 0.15) is 0 Å². The summed E-state index contributed by atoms with van der Waals surface area (Å²) in [5.74, 6) is 0.859. The van der Waals surface area contributed by atoms with Crippen molar-refractivity contribution in [2.75, 3.05) is 6.61 Å². The van der Waals surface area contributed by atoms with E-state index in [1.54, 1.807) is 12.4 Å². The lowest BCUT2D eigenvalue weighted by Gasteiger charge is -2.11. The topological polar surface area (TPSA) is 12.5 Å². The minimum Gasteiger partial charge on any atom is -0.487 e. The molecule has 0 aromatic carbocycles. The molecular formula is C7H6ClNO. The van der Waals surface area contributed by atoms with E-state index in [-0.39, 0.29) is 0 Å². The summed E-state index contributed by atoms with van der Waals surface area (Å²) in [4.78, 5) is 0. The fourth-order valence-electron chi connectivity index (χ4n) is 0.974. The molecule has 0 amide bonds. The molecule has 0 aliphatic carbocycles. The summed E-state index contributed by atoms with van der Waals surface area (Å²) < 4.78 is 6.67. The average molecular weight is 156 g/mol. The number of nitrogens with zero attached hydrogens (tertiary/aromatic N) is 1. The normalized spacial score (nSPS) is 21.5. The van der Waals surface area contributed by atoms with Gasteiger partial charge in [-0.05, 0) is 12.2 Å². The van der Waals surface area contributed by atoms with Crippen molar-refractivity contribution in [2.24, 2.45) is 0 Å². The highest BCUT2D eigenvalue weighted by atomic mass is 35.5. The van der Waals surface area contributed by atoms with Gasteiger partial charge in [-0.3, -0.25) is 4.42 Å². The first-order chi connectivity index (χ1) is 4.86. The summed E-state index contributed by atoms with van der Waals surface area (Å²) >= 11 is 5.65. The first kappa shape index (κ1) is 5.86. The van der Waals surface area contributed by atoms with Crippen molar-refractivity contribution < 1.29 is 4.74 Å². The van der Waals surface area contributed by atoms with Gasteiger partial charge in [0.05, 0.1) is 6.20 Å². The third-order valence-corrected chi connectivity index (χ3v) is 1.67. The molecule has 52 valence electrons. The second-order valence-electron chi connectivity index (χ2n) is 2.12. The Labute approximate surface area is 64.1 Å². The Kier molecular flexibility index (Phi) is 1.21. The molecule has 0 unspecified atom stereocenters. The summed E-state index contributed by atoms with van der Waals surface area (Å²) in [5.41, 5.74) is 1.12. The Bertz CT molecular complexity index is 242. The van der Waals surface area contributed by atoms with Gasteiger partial charge in [-0.15, -0.1) is 0 Å². The third kappa shape index (κ3) is 0.809. The highest BCUT2D eigenvalue weighted by Gasteiger charge is 2.14. The summed E-state index contributed by atoms with van der Waals surface area (Å²) in [5, 5.41) is 0. The van der Waals surface area contributed by atoms with Crippen LogP contribution >= 0.6 is 11.8 Å². The van der Waals surface area contributed by atoms with Crippen LogP contribution in [0.5, 0.6) is 0 Å². The van der Waals surface area contributed by atoms with Crippen molar-refractivity contribution in [3.8, 4) is 0 Å². The average Bonchev–Trinajstić information content (AvgIpc) is 2.33. The van der Waals surface area contributed by atoms with E-state index < -0.39 is 0 Å². The van der Waals surface area contributed by atoms with Crippen molar-refractivity contribution in [1.29, 1.82) is 0 Å². The van der Waals surface area contributed by atoms with E-state index in [9.17, 15) is 0 Å². The van der Waals surface area contributed by atoms with E-state index in [2.05, 4.69) is 0 Å². The van der Waals surface area contributed by atoms with E-state index in [1.165, 1.54) is 4.42 Å². The van der Waals surface area contributed by atoms with Crippen molar-refractivity contribution in [2.45, 2.75) is 0 Å². The van der Waals surface area contributed by atoms with Crippen LogP contribution in [-0.4, -0.2) is 11.0 Å². The minimum absolute atomic E-state index is 0.663. The van der Waals surface area contributed by atoms with Gasteiger partial charge in [0.2, 0.25) is 0 Å². The standard InChI is InChI=1S/C7H6ClNO/c8-9-3-1-6-2-4-10-7(6)5-9/h1-3,5H,4H2. The maximum absolute atomic E-state index is 5.65. The predicted molar refractivity (Wildman–Crippen MR) is 39.0 cm³/mol. The van der Waals surface area contributed by atoms with Crippen molar-refractivity contribution in [1.82, 2.24) is 4.42 Å². The number of hydrogen-bond donors (Lipinski definition) is 0. The lowest BCUT2D eigenvalue weighted by atomic mass is 10.2.